The molecule has 2 saturated carbocycles. The molecule has 0 heterocycles. The second-order valence-electron chi connectivity index (χ2n) is 9.28. The molecule has 1 nitrogen and oxygen atoms in total. The zero-order valence-electron chi connectivity index (χ0n) is 17.7. The Kier molecular flexibility index (Phi) is 7.67. The van der Waals surface area contributed by atoms with Crippen LogP contribution in [0, 0.1) is 17.8 Å². The van der Waals surface area contributed by atoms with Crippen molar-refractivity contribution in [2.24, 2.45) is 17.8 Å². The Bertz CT molecular complexity index is 639. The van der Waals surface area contributed by atoms with Crippen molar-refractivity contribution in [3.63, 3.8) is 0 Å². The molecule has 0 N–H and O–H groups in total. The first-order valence-electron chi connectivity index (χ1n) is 11.4. The maximum Gasteiger partial charge on any atom is 0.499 e. The van der Waals surface area contributed by atoms with Crippen molar-refractivity contribution < 1.29 is 26.7 Å². The van der Waals surface area contributed by atoms with Gasteiger partial charge in [-0.25, -0.2) is 0 Å². The van der Waals surface area contributed by atoms with E-state index in [1.54, 1.807) is 12.1 Å². The van der Waals surface area contributed by atoms with Gasteiger partial charge in [-0.05, 0) is 67.1 Å². The van der Waals surface area contributed by atoms with Gasteiger partial charge in [0, 0.05) is 0 Å². The third-order valence-corrected chi connectivity index (χ3v) is 7.30. The average Bonchev–Trinajstić information content (AvgIpc) is 2.72. The third-order valence-electron chi connectivity index (χ3n) is 7.30. The molecule has 0 bridgehead atoms. The second kappa shape index (κ2) is 9.86. The fourth-order valence-corrected chi connectivity index (χ4v) is 5.20. The molecule has 0 atom stereocenters. The Balaban J connectivity index is 1.42. The normalized spacial score (nSPS) is 28.3. The maximum absolute atomic E-state index is 13.0. The zero-order valence-corrected chi connectivity index (χ0v) is 17.7. The van der Waals surface area contributed by atoms with E-state index in [9.17, 15) is 22.0 Å². The van der Waals surface area contributed by atoms with Gasteiger partial charge in [0.1, 0.15) is 5.75 Å². The first kappa shape index (κ1) is 23.3. The number of rotatable bonds is 7. The maximum atomic E-state index is 13.0. The monoisotopic (exact) mass is 432 g/mol. The van der Waals surface area contributed by atoms with Crippen LogP contribution in [0.3, 0.4) is 0 Å². The number of alkyl halides is 5. The van der Waals surface area contributed by atoms with E-state index >= 15 is 0 Å². The average molecular weight is 433 g/mol. The summed E-state index contributed by atoms with van der Waals surface area (Å²) in [7, 11) is 0. The molecule has 2 aliphatic rings. The summed E-state index contributed by atoms with van der Waals surface area (Å²) in [5.74, 6) is 2.48. The van der Waals surface area contributed by atoms with E-state index in [-0.39, 0.29) is 0 Å². The summed E-state index contributed by atoms with van der Waals surface area (Å²) in [6, 6.07) is 5.68. The minimum absolute atomic E-state index is 0.346. The molecule has 3 rings (SSSR count). The van der Waals surface area contributed by atoms with Crippen LogP contribution in [0.4, 0.5) is 22.0 Å². The smallest absolute Gasteiger partial charge is 0.426 e. The topological polar surface area (TPSA) is 9.23 Å². The van der Waals surface area contributed by atoms with E-state index < -0.39 is 18.0 Å². The van der Waals surface area contributed by atoms with Crippen molar-refractivity contribution in [2.75, 3.05) is 0 Å². The lowest BCUT2D eigenvalue weighted by molar-refractivity contribution is -0.360. The van der Waals surface area contributed by atoms with Crippen molar-refractivity contribution in [3.05, 3.63) is 29.8 Å². The highest BCUT2D eigenvalue weighted by Gasteiger charge is 2.61. The first-order valence-corrected chi connectivity index (χ1v) is 11.4. The molecule has 6 heteroatoms. The molecule has 0 radical (unpaired) electrons. The van der Waals surface area contributed by atoms with E-state index in [4.69, 9.17) is 0 Å². The molecule has 0 spiro atoms. The predicted octanol–water partition coefficient (Wildman–Crippen LogP) is 8.49. The number of hydrogen-bond donors (Lipinski definition) is 0. The zero-order chi connectivity index (χ0) is 21.8. The molecule has 2 aliphatic carbocycles. The lowest BCUT2D eigenvalue weighted by Crippen LogP contribution is -2.41. The minimum atomic E-state index is -5.72. The molecule has 0 saturated heterocycles. The third kappa shape index (κ3) is 6.10. The van der Waals surface area contributed by atoms with Gasteiger partial charge in [-0.1, -0.05) is 64.0 Å². The van der Waals surface area contributed by atoms with Gasteiger partial charge in [0.05, 0.1) is 0 Å². The Morgan fingerprint density at radius 3 is 1.67 bits per heavy atom. The van der Waals surface area contributed by atoms with Gasteiger partial charge < -0.3 is 4.74 Å². The Morgan fingerprint density at radius 1 is 0.733 bits per heavy atom. The van der Waals surface area contributed by atoms with Crippen molar-refractivity contribution in [1.29, 1.82) is 0 Å². The molecule has 30 heavy (non-hydrogen) atoms. The number of ether oxygens (including phenoxy) is 1. The van der Waals surface area contributed by atoms with Gasteiger partial charge in [0.25, 0.3) is 0 Å². The van der Waals surface area contributed by atoms with E-state index in [0.29, 0.717) is 5.92 Å². The summed E-state index contributed by atoms with van der Waals surface area (Å²) in [4.78, 5) is 0. The van der Waals surface area contributed by atoms with E-state index in [1.807, 2.05) is 0 Å². The molecule has 0 unspecified atom stereocenters. The summed E-state index contributed by atoms with van der Waals surface area (Å²) in [5, 5.41) is 0. The van der Waals surface area contributed by atoms with Crippen LogP contribution in [-0.4, -0.2) is 12.3 Å². The van der Waals surface area contributed by atoms with Crippen LogP contribution in [0.1, 0.15) is 89.0 Å². The number of halogens is 5. The quantitative estimate of drug-likeness (QED) is 0.393. The highest BCUT2D eigenvalue weighted by molar-refractivity contribution is 5.30. The van der Waals surface area contributed by atoms with Gasteiger partial charge in [0.2, 0.25) is 0 Å². The largest absolute Gasteiger partial charge is 0.499 e. The van der Waals surface area contributed by atoms with Crippen molar-refractivity contribution in [3.8, 4) is 5.75 Å². The second-order valence-corrected chi connectivity index (χ2v) is 9.28. The highest BCUT2D eigenvalue weighted by Crippen LogP contribution is 2.41. The summed E-state index contributed by atoms with van der Waals surface area (Å²) in [6.45, 7) is 2.29. The lowest BCUT2D eigenvalue weighted by atomic mass is 9.74. The predicted molar refractivity (Wildman–Crippen MR) is 108 cm³/mol. The fraction of sp³-hybridized carbons (Fsp3) is 0.750. The molecule has 0 amide bonds. The number of hydrogen-bond acceptors (Lipinski definition) is 1. The van der Waals surface area contributed by atoms with E-state index in [0.717, 1.165) is 36.2 Å². The minimum Gasteiger partial charge on any atom is -0.426 e. The van der Waals surface area contributed by atoms with E-state index in [2.05, 4.69) is 11.7 Å². The first-order chi connectivity index (χ1) is 14.2. The van der Waals surface area contributed by atoms with Crippen LogP contribution in [0.25, 0.3) is 0 Å². The van der Waals surface area contributed by atoms with Gasteiger partial charge in [-0.3, -0.25) is 0 Å². The van der Waals surface area contributed by atoms with Crippen LogP contribution in [0.5, 0.6) is 5.75 Å². The molecule has 2 fully saturated rings. The van der Waals surface area contributed by atoms with Gasteiger partial charge in [-0.15, -0.1) is 0 Å². The standard InChI is InChI=1S/C24H33F5O/c1-2-17-3-5-18(6-4-17)7-8-19-9-11-20(12-10-19)21-13-15-22(16-14-21)30-24(28,29)23(25,26)27/h13-20H,2-12H2,1H3/t17-,18-,19-,20-. The van der Waals surface area contributed by atoms with E-state index in [1.165, 1.54) is 69.9 Å². The summed E-state index contributed by atoms with van der Waals surface area (Å²) in [6.07, 6.45) is 3.03. The summed E-state index contributed by atoms with van der Waals surface area (Å²) < 4.78 is 66.7. The molecule has 1 aromatic rings. The van der Waals surface area contributed by atoms with Crippen LogP contribution < -0.4 is 4.74 Å². The van der Waals surface area contributed by atoms with Crippen LogP contribution in [0.15, 0.2) is 24.3 Å². The number of benzene rings is 1. The van der Waals surface area contributed by atoms with Crippen LogP contribution in [-0.2, 0) is 0 Å². The van der Waals surface area contributed by atoms with Crippen molar-refractivity contribution in [2.45, 2.75) is 95.8 Å². The lowest BCUT2D eigenvalue weighted by Gasteiger charge is -2.32. The SMILES string of the molecule is CC[C@H]1CC[C@H](CC[C@H]2CC[C@H](c3ccc(OC(F)(F)C(F)(F)F)cc3)CC2)CC1. The highest BCUT2D eigenvalue weighted by atomic mass is 19.4. The Hall–Kier alpha value is -1.33. The molecule has 1 aromatic carbocycles. The van der Waals surface area contributed by atoms with Crippen LogP contribution >= 0.6 is 0 Å². The molecule has 0 aliphatic heterocycles. The van der Waals surface area contributed by atoms with Gasteiger partial charge in [0.15, 0.2) is 0 Å². The fourth-order valence-electron chi connectivity index (χ4n) is 5.20. The molecule has 170 valence electrons. The Labute approximate surface area is 176 Å². The summed E-state index contributed by atoms with van der Waals surface area (Å²) >= 11 is 0. The van der Waals surface area contributed by atoms with Gasteiger partial charge >= 0.3 is 12.3 Å². The molecule has 0 aromatic heterocycles. The van der Waals surface area contributed by atoms with Crippen molar-refractivity contribution in [1.82, 2.24) is 0 Å². The van der Waals surface area contributed by atoms with Crippen molar-refractivity contribution >= 4 is 0 Å². The van der Waals surface area contributed by atoms with Gasteiger partial charge in [-0.2, -0.15) is 22.0 Å². The van der Waals surface area contributed by atoms with Crippen LogP contribution in [0.2, 0.25) is 0 Å². The molecular formula is C24H33F5O. The molecular weight excluding hydrogens is 399 g/mol. The summed E-state index contributed by atoms with van der Waals surface area (Å²) in [5.41, 5.74) is 0.994. The Morgan fingerprint density at radius 2 is 1.20 bits per heavy atom.